The summed E-state index contributed by atoms with van der Waals surface area (Å²) in [4.78, 5) is 4.80. The zero-order valence-corrected chi connectivity index (χ0v) is 13.6. The lowest BCUT2D eigenvalue weighted by Crippen LogP contribution is -2.39. The molecule has 114 valence electrons. The van der Waals surface area contributed by atoms with Crippen LogP contribution < -0.4 is 4.68 Å². The molecule has 0 spiro atoms. The van der Waals surface area contributed by atoms with Gasteiger partial charge in [0.15, 0.2) is 5.52 Å². The highest BCUT2D eigenvalue weighted by molar-refractivity contribution is 5.81. The third kappa shape index (κ3) is 2.06. The van der Waals surface area contributed by atoms with Crippen LogP contribution in [-0.4, -0.2) is 14.1 Å². The third-order valence-corrected chi connectivity index (χ3v) is 4.41. The summed E-state index contributed by atoms with van der Waals surface area (Å²) in [5.41, 5.74) is 4.57. The summed E-state index contributed by atoms with van der Waals surface area (Å²) < 4.78 is 6.43. The van der Waals surface area contributed by atoms with Crippen LogP contribution in [0.25, 0.3) is 28.6 Å². The number of allylic oxidation sites excluding steroid dienone is 1. The summed E-state index contributed by atoms with van der Waals surface area (Å²) in [5.74, 6) is 2.08. The van der Waals surface area contributed by atoms with Gasteiger partial charge in [-0.15, -0.1) is 4.68 Å². The molecule has 2 heterocycles. The van der Waals surface area contributed by atoms with Gasteiger partial charge >= 0.3 is 5.78 Å². The van der Waals surface area contributed by atoms with E-state index in [0.29, 0.717) is 0 Å². The minimum atomic E-state index is 0.932. The van der Waals surface area contributed by atoms with E-state index in [9.17, 15) is 0 Å². The molecule has 4 rings (SSSR count). The van der Waals surface area contributed by atoms with Crippen LogP contribution in [0.2, 0.25) is 0 Å². The molecule has 4 aromatic rings. The van der Waals surface area contributed by atoms with E-state index in [1.54, 1.807) is 0 Å². The Balaban J connectivity index is 1.98. The van der Waals surface area contributed by atoms with Crippen LogP contribution in [0.4, 0.5) is 0 Å². The Bertz CT molecular complexity index is 1040. The van der Waals surface area contributed by atoms with Gasteiger partial charge in [-0.05, 0) is 30.2 Å². The first-order valence-corrected chi connectivity index (χ1v) is 7.75. The summed E-state index contributed by atoms with van der Waals surface area (Å²) in [6, 6.07) is 18.7. The second-order valence-corrected chi connectivity index (χ2v) is 5.83. The first-order valence-electron chi connectivity index (χ1n) is 7.75. The normalized spacial score (nSPS) is 12.4. The Hall–Kier alpha value is -2.88. The molecule has 0 aliphatic carbocycles. The van der Waals surface area contributed by atoms with Crippen molar-refractivity contribution in [3.63, 3.8) is 0 Å². The van der Waals surface area contributed by atoms with E-state index < -0.39 is 0 Å². The zero-order valence-electron chi connectivity index (χ0n) is 13.6. The molecule has 0 radical (unpaired) electrons. The summed E-state index contributed by atoms with van der Waals surface area (Å²) >= 11 is 0. The third-order valence-electron chi connectivity index (χ3n) is 4.41. The van der Waals surface area contributed by atoms with E-state index in [0.717, 1.165) is 22.6 Å². The molecule has 0 saturated heterocycles. The molecule has 0 unspecified atom stereocenters. The quantitative estimate of drug-likeness (QED) is 0.521. The molecule has 2 aromatic heterocycles. The predicted molar refractivity (Wildman–Crippen MR) is 92.9 cm³/mol. The summed E-state index contributed by atoms with van der Waals surface area (Å²) in [7, 11) is 2.06. The van der Waals surface area contributed by atoms with Crippen molar-refractivity contribution in [1.82, 2.24) is 14.1 Å². The fraction of sp³-hybridized carbons (Fsp3) is 0.158. The molecule has 0 fully saturated rings. The van der Waals surface area contributed by atoms with Gasteiger partial charge in [-0.25, -0.2) is 0 Å². The van der Waals surface area contributed by atoms with E-state index in [1.165, 1.54) is 11.1 Å². The molecule has 0 saturated carbocycles. The zero-order chi connectivity index (χ0) is 16.0. The van der Waals surface area contributed by atoms with Gasteiger partial charge in [0.25, 0.3) is 5.82 Å². The monoisotopic (exact) mass is 303 g/mol. The molecular weight excluding hydrogens is 284 g/mol. The van der Waals surface area contributed by atoms with Gasteiger partial charge in [-0.3, -0.25) is 0 Å². The first kappa shape index (κ1) is 13.8. The highest BCUT2D eigenvalue weighted by Crippen LogP contribution is 2.19. The maximum absolute atomic E-state index is 4.80. The standard InChI is InChI=1S/C19H19N4/c1-14(16-9-5-4-6-10-16)13-22-19-20-17-11-7-8-12-18(17)23(19)15(2)21(22)3/h4-13H,1-3H3/q+1. The van der Waals surface area contributed by atoms with Crippen LogP contribution >= 0.6 is 0 Å². The Morgan fingerprint density at radius 3 is 2.52 bits per heavy atom. The molecule has 0 atom stereocenters. The van der Waals surface area contributed by atoms with E-state index in [2.05, 4.69) is 83.3 Å². The van der Waals surface area contributed by atoms with E-state index in [-0.39, 0.29) is 0 Å². The number of fused-ring (bicyclic) bond motifs is 3. The lowest BCUT2D eigenvalue weighted by atomic mass is 10.1. The van der Waals surface area contributed by atoms with Gasteiger partial charge in [-0.2, -0.15) is 14.1 Å². The number of hydrogen-bond donors (Lipinski definition) is 0. The number of para-hydroxylation sites is 2. The van der Waals surface area contributed by atoms with Crippen molar-refractivity contribution >= 4 is 28.6 Å². The first-order chi connectivity index (χ1) is 11.2. The fourth-order valence-electron chi connectivity index (χ4n) is 3.02. The number of benzene rings is 2. The molecule has 0 N–H and O–H groups in total. The van der Waals surface area contributed by atoms with E-state index >= 15 is 0 Å². The maximum Gasteiger partial charge on any atom is 0.343 e. The highest BCUT2D eigenvalue weighted by Gasteiger charge is 2.22. The number of nitrogens with zero attached hydrogens (tertiary/aromatic N) is 4. The Morgan fingerprint density at radius 2 is 1.74 bits per heavy atom. The summed E-state index contributed by atoms with van der Waals surface area (Å²) in [6.07, 6.45) is 2.14. The molecule has 0 bridgehead atoms. The largest absolute Gasteiger partial charge is 0.343 e. The second-order valence-electron chi connectivity index (χ2n) is 5.83. The average molecular weight is 303 g/mol. The van der Waals surface area contributed by atoms with Crippen molar-refractivity contribution in [1.29, 1.82) is 0 Å². The van der Waals surface area contributed by atoms with E-state index in [4.69, 9.17) is 4.98 Å². The van der Waals surface area contributed by atoms with Crippen LogP contribution in [-0.2, 0) is 7.05 Å². The van der Waals surface area contributed by atoms with Crippen LogP contribution in [0.1, 0.15) is 18.3 Å². The van der Waals surface area contributed by atoms with E-state index in [1.807, 2.05) is 12.1 Å². The molecule has 0 aliphatic heterocycles. The highest BCUT2D eigenvalue weighted by atomic mass is 15.5. The van der Waals surface area contributed by atoms with Gasteiger partial charge in [0.05, 0.1) is 6.20 Å². The summed E-state index contributed by atoms with van der Waals surface area (Å²) in [5, 5.41) is 0. The van der Waals surface area contributed by atoms with Crippen LogP contribution in [0.15, 0.2) is 54.6 Å². The molecule has 0 aliphatic rings. The molecule has 4 nitrogen and oxygen atoms in total. The predicted octanol–water partition coefficient (Wildman–Crippen LogP) is 3.44. The number of hydrogen-bond acceptors (Lipinski definition) is 1. The number of aromatic nitrogens is 4. The minimum Gasteiger partial charge on any atom is -0.185 e. The molecule has 2 aromatic carbocycles. The maximum atomic E-state index is 4.80. The van der Waals surface area contributed by atoms with Crippen molar-refractivity contribution < 1.29 is 4.68 Å². The van der Waals surface area contributed by atoms with Crippen molar-refractivity contribution in [2.45, 2.75) is 13.8 Å². The van der Waals surface area contributed by atoms with Gasteiger partial charge in [0.2, 0.25) is 0 Å². The molecule has 4 heteroatoms. The number of aryl methyl sites for hydroxylation is 1. The van der Waals surface area contributed by atoms with Crippen molar-refractivity contribution in [2.24, 2.45) is 7.05 Å². The molecule has 0 amide bonds. The SMILES string of the molecule is CC(=Cn1c2nc3ccccc3n2c(C)[n+]1C)c1ccccc1. The van der Waals surface area contributed by atoms with Crippen LogP contribution in [0.5, 0.6) is 0 Å². The smallest absolute Gasteiger partial charge is 0.185 e. The lowest BCUT2D eigenvalue weighted by molar-refractivity contribution is -0.747. The van der Waals surface area contributed by atoms with Crippen molar-refractivity contribution in [2.75, 3.05) is 0 Å². The number of rotatable bonds is 2. The summed E-state index contributed by atoms with van der Waals surface area (Å²) in [6.45, 7) is 4.24. The molecule has 23 heavy (non-hydrogen) atoms. The van der Waals surface area contributed by atoms with Gasteiger partial charge in [0, 0.05) is 6.92 Å². The lowest BCUT2D eigenvalue weighted by Gasteiger charge is -2.01. The Morgan fingerprint density at radius 1 is 1.04 bits per heavy atom. The fourth-order valence-corrected chi connectivity index (χ4v) is 3.02. The van der Waals surface area contributed by atoms with Crippen molar-refractivity contribution in [3.8, 4) is 0 Å². The number of imidazole rings is 1. The van der Waals surface area contributed by atoms with Crippen LogP contribution in [0, 0.1) is 6.92 Å². The topological polar surface area (TPSA) is 26.1 Å². The molecular formula is C19H19N4+. The van der Waals surface area contributed by atoms with Gasteiger partial charge in [0.1, 0.15) is 12.6 Å². The van der Waals surface area contributed by atoms with Gasteiger partial charge < -0.3 is 0 Å². The second kappa shape index (κ2) is 5.09. The van der Waals surface area contributed by atoms with Crippen LogP contribution in [0.3, 0.4) is 0 Å². The van der Waals surface area contributed by atoms with Gasteiger partial charge in [-0.1, -0.05) is 42.5 Å². The van der Waals surface area contributed by atoms with Crippen molar-refractivity contribution in [3.05, 3.63) is 66.0 Å². The average Bonchev–Trinajstić information content (AvgIpc) is 3.07. The minimum absolute atomic E-state index is 0.932. The Kier molecular flexibility index (Phi) is 3.05. The Labute approximate surface area is 134 Å².